The summed E-state index contributed by atoms with van der Waals surface area (Å²) in [6, 6.07) is 17.2. The second-order valence-corrected chi connectivity index (χ2v) is 6.93. The second kappa shape index (κ2) is 6.69. The molecule has 0 aliphatic carbocycles. The first-order valence-electron chi connectivity index (χ1n) is 8.76. The van der Waals surface area contributed by atoms with E-state index in [-0.39, 0.29) is 6.79 Å². The predicted octanol–water partition coefficient (Wildman–Crippen LogP) is 5.94. The molecule has 0 saturated carbocycles. The molecule has 0 radical (unpaired) electrons. The van der Waals surface area contributed by atoms with Crippen molar-refractivity contribution >= 4 is 34.6 Å². The lowest BCUT2D eigenvalue weighted by Gasteiger charge is -2.01. The van der Waals surface area contributed by atoms with Crippen LogP contribution in [0, 0.1) is 6.92 Å². The second-order valence-electron chi connectivity index (χ2n) is 6.52. The van der Waals surface area contributed by atoms with E-state index < -0.39 is 0 Å². The molecule has 3 aromatic carbocycles. The van der Waals surface area contributed by atoms with Crippen molar-refractivity contribution < 1.29 is 13.9 Å². The molecule has 0 spiro atoms. The Bertz CT molecular complexity index is 1210. The molecule has 28 heavy (non-hydrogen) atoms. The van der Waals surface area contributed by atoms with Crippen LogP contribution in [0.2, 0.25) is 5.02 Å². The van der Waals surface area contributed by atoms with E-state index in [4.69, 9.17) is 25.5 Å². The van der Waals surface area contributed by atoms with E-state index in [0.717, 1.165) is 33.5 Å². The highest BCUT2D eigenvalue weighted by atomic mass is 35.5. The largest absolute Gasteiger partial charge is 0.454 e. The monoisotopic (exact) mass is 390 g/mol. The van der Waals surface area contributed by atoms with Gasteiger partial charge in [-0.25, -0.2) is 4.98 Å². The number of ether oxygens (including phenoxy) is 2. The van der Waals surface area contributed by atoms with E-state index in [9.17, 15) is 0 Å². The van der Waals surface area contributed by atoms with E-state index >= 15 is 0 Å². The normalized spacial score (nSPS) is 12.9. The zero-order chi connectivity index (χ0) is 19.1. The number of hydrogen-bond acceptors (Lipinski definition) is 5. The van der Waals surface area contributed by atoms with Crippen molar-refractivity contribution in [2.24, 2.45) is 4.99 Å². The van der Waals surface area contributed by atoms with Crippen LogP contribution in [0.15, 0.2) is 64.0 Å². The molecule has 0 saturated heterocycles. The van der Waals surface area contributed by atoms with E-state index in [1.807, 2.05) is 55.5 Å². The Balaban J connectivity index is 1.39. The van der Waals surface area contributed by atoms with Gasteiger partial charge in [-0.2, -0.15) is 0 Å². The molecule has 6 heteroatoms. The van der Waals surface area contributed by atoms with E-state index in [2.05, 4.69) is 9.98 Å². The SMILES string of the molecule is Cc1ccc2oc(-c3ccc(N=Cc4cc5c(cc4Cl)OCO5)cc3)nc2c1. The molecule has 0 amide bonds. The molecule has 0 unspecified atom stereocenters. The summed E-state index contributed by atoms with van der Waals surface area (Å²) in [5.41, 5.74) is 5.25. The van der Waals surface area contributed by atoms with Crippen LogP contribution in [0.1, 0.15) is 11.1 Å². The van der Waals surface area contributed by atoms with Gasteiger partial charge < -0.3 is 13.9 Å². The third kappa shape index (κ3) is 3.10. The molecule has 5 nitrogen and oxygen atoms in total. The Morgan fingerprint density at radius 1 is 1.00 bits per heavy atom. The molecule has 0 N–H and O–H groups in total. The van der Waals surface area contributed by atoms with Crippen LogP contribution in [0.5, 0.6) is 11.5 Å². The van der Waals surface area contributed by atoms with Gasteiger partial charge in [0.1, 0.15) is 5.52 Å². The van der Waals surface area contributed by atoms with Gasteiger partial charge in [0.05, 0.1) is 10.7 Å². The van der Waals surface area contributed by atoms with Crippen LogP contribution in [-0.4, -0.2) is 18.0 Å². The summed E-state index contributed by atoms with van der Waals surface area (Å²) >= 11 is 6.28. The van der Waals surface area contributed by atoms with Gasteiger partial charge in [0.15, 0.2) is 17.1 Å². The van der Waals surface area contributed by atoms with Crippen molar-refractivity contribution in [1.82, 2.24) is 4.98 Å². The van der Waals surface area contributed by atoms with Crippen molar-refractivity contribution in [3.8, 4) is 23.0 Å². The Morgan fingerprint density at radius 3 is 2.61 bits per heavy atom. The highest BCUT2D eigenvalue weighted by Crippen LogP contribution is 2.36. The minimum atomic E-state index is 0.211. The molecule has 5 rings (SSSR count). The number of nitrogens with zero attached hydrogens (tertiary/aromatic N) is 2. The Kier molecular flexibility index (Phi) is 4.02. The topological polar surface area (TPSA) is 56.9 Å². The van der Waals surface area contributed by atoms with E-state index in [1.165, 1.54) is 0 Å². The van der Waals surface area contributed by atoms with Crippen LogP contribution in [0.25, 0.3) is 22.6 Å². The summed E-state index contributed by atoms with van der Waals surface area (Å²) in [4.78, 5) is 9.06. The van der Waals surface area contributed by atoms with Crippen LogP contribution in [0.4, 0.5) is 5.69 Å². The molecule has 0 fully saturated rings. The third-order valence-electron chi connectivity index (χ3n) is 4.50. The lowest BCUT2D eigenvalue weighted by atomic mass is 10.2. The molecular formula is C22H15ClN2O3. The van der Waals surface area contributed by atoms with Crippen LogP contribution in [0.3, 0.4) is 0 Å². The van der Waals surface area contributed by atoms with Crippen LogP contribution < -0.4 is 9.47 Å². The van der Waals surface area contributed by atoms with Gasteiger partial charge in [-0.15, -0.1) is 0 Å². The van der Waals surface area contributed by atoms with Crippen molar-refractivity contribution in [3.63, 3.8) is 0 Å². The summed E-state index contributed by atoms with van der Waals surface area (Å²) < 4.78 is 16.5. The van der Waals surface area contributed by atoms with Crippen molar-refractivity contribution in [1.29, 1.82) is 0 Å². The van der Waals surface area contributed by atoms with E-state index in [0.29, 0.717) is 22.4 Å². The molecule has 0 atom stereocenters. The molecule has 2 heterocycles. The molecular weight excluding hydrogens is 376 g/mol. The fourth-order valence-electron chi connectivity index (χ4n) is 3.03. The minimum absolute atomic E-state index is 0.211. The number of hydrogen-bond donors (Lipinski definition) is 0. The van der Waals surface area contributed by atoms with Crippen molar-refractivity contribution in [2.75, 3.05) is 6.79 Å². The number of aliphatic imine (C=N–C) groups is 1. The lowest BCUT2D eigenvalue weighted by molar-refractivity contribution is 0.174. The van der Waals surface area contributed by atoms with E-state index in [1.54, 1.807) is 12.3 Å². The van der Waals surface area contributed by atoms with Crippen LogP contribution >= 0.6 is 11.6 Å². The maximum absolute atomic E-state index is 6.28. The highest BCUT2D eigenvalue weighted by molar-refractivity contribution is 6.33. The molecule has 0 bridgehead atoms. The van der Waals surface area contributed by atoms with Crippen molar-refractivity contribution in [2.45, 2.75) is 6.92 Å². The van der Waals surface area contributed by atoms with Gasteiger partial charge in [0, 0.05) is 23.4 Å². The van der Waals surface area contributed by atoms with Gasteiger partial charge in [-0.05, 0) is 55.0 Å². The summed E-state index contributed by atoms with van der Waals surface area (Å²) in [7, 11) is 0. The third-order valence-corrected chi connectivity index (χ3v) is 4.83. The van der Waals surface area contributed by atoms with Gasteiger partial charge in [-0.3, -0.25) is 4.99 Å². The first-order valence-corrected chi connectivity index (χ1v) is 9.14. The van der Waals surface area contributed by atoms with Gasteiger partial charge in [-0.1, -0.05) is 17.7 Å². The predicted molar refractivity (Wildman–Crippen MR) is 109 cm³/mol. The molecule has 4 aromatic rings. The quantitative estimate of drug-likeness (QED) is 0.406. The summed E-state index contributed by atoms with van der Waals surface area (Å²) in [6.45, 7) is 2.25. The first-order chi connectivity index (χ1) is 13.7. The number of fused-ring (bicyclic) bond motifs is 2. The van der Waals surface area contributed by atoms with Crippen LogP contribution in [-0.2, 0) is 0 Å². The average Bonchev–Trinajstić information content (AvgIpc) is 3.32. The summed E-state index contributed by atoms with van der Waals surface area (Å²) in [5, 5.41) is 0.561. The zero-order valence-corrected chi connectivity index (χ0v) is 15.7. The molecule has 138 valence electrons. The fraction of sp³-hybridized carbons (Fsp3) is 0.0909. The number of halogens is 1. The molecule has 1 aliphatic heterocycles. The first kappa shape index (κ1) is 16.8. The highest BCUT2D eigenvalue weighted by Gasteiger charge is 2.15. The fourth-order valence-corrected chi connectivity index (χ4v) is 3.23. The number of aromatic nitrogens is 1. The van der Waals surface area contributed by atoms with Gasteiger partial charge in [0.25, 0.3) is 0 Å². The number of oxazole rings is 1. The lowest BCUT2D eigenvalue weighted by Crippen LogP contribution is -1.92. The minimum Gasteiger partial charge on any atom is -0.454 e. The standard InChI is InChI=1S/C22H15ClN2O3/c1-13-2-7-19-18(8-13)25-22(28-19)14-3-5-16(6-4-14)24-11-15-9-20-21(10-17(15)23)27-12-26-20/h2-11H,12H2,1H3. The maximum Gasteiger partial charge on any atom is 0.231 e. The Hall–Kier alpha value is -3.31. The molecule has 1 aliphatic rings. The smallest absolute Gasteiger partial charge is 0.231 e. The number of benzene rings is 3. The average molecular weight is 391 g/mol. The molecule has 1 aromatic heterocycles. The Labute approximate surface area is 166 Å². The maximum atomic E-state index is 6.28. The zero-order valence-electron chi connectivity index (χ0n) is 15.0. The number of aryl methyl sites for hydroxylation is 1. The summed E-state index contributed by atoms with van der Waals surface area (Å²) in [5.74, 6) is 1.92. The Morgan fingerprint density at radius 2 is 1.79 bits per heavy atom. The number of rotatable bonds is 3. The van der Waals surface area contributed by atoms with Crippen molar-refractivity contribution in [3.05, 3.63) is 70.7 Å². The summed E-state index contributed by atoms with van der Waals surface area (Å²) in [6.07, 6.45) is 1.71. The van der Waals surface area contributed by atoms with Gasteiger partial charge >= 0.3 is 0 Å². The van der Waals surface area contributed by atoms with Gasteiger partial charge in [0.2, 0.25) is 12.7 Å².